The third-order valence-corrected chi connectivity index (χ3v) is 2.67. The van der Waals surface area contributed by atoms with Crippen molar-refractivity contribution in [3.8, 4) is 11.6 Å². The van der Waals surface area contributed by atoms with E-state index in [2.05, 4.69) is 31.1 Å². The van der Waals surface area contributed by atoms with Gasteiger partial charge in [-0.3, -0.25) is 0 Å². The molecular weight excluding hydrogens is 255 g/mol. The van der Waals surface area contributed by atoms with Gasteiger partial charge in [0.15, 0.2) is 11.6 Å². The first kappa shape index (κ1) is 14.5. The Kier molecular flexibility index (Phi) is 4.35. The molecule has 0 fully saturated rings. The maximum absolute atomic E-state index is 13.4. The number of nitrogens with one attached hydrogen (secondary N) is 1. The van der Waals surface area contributed by atoms with Crippen LogP contribution in [0.4, 0.5) is 4.39 Å². The van der Waals surface area contributed by atoms with Crippen LogP contribution in [-0.4, -0.2) is 10.5 Å². The summed E-state index contributed by atoms with van der Waals surface area (Å²) in [4.78, 5) is 4.19. The van der Waals surface area contributed by atoms with Crippen LogP contribution in [-0.2, 0) is 6.54 Å². The second-order valence-electron chi connectivity index (χ2n) is 5.64. The maximum Gasteiger partial charge on any atom is 0.219 e. The molecule has 0 amide bonds. The summed E-state index contributed by atoms with van der Waals surface area (Å²) in [6.07, 6.45) is 1.73. The molecule has 3 nitrogen and oxygen atoms in total. The summed E-state index contributed by atoms with van der Waals surface area (Å²) in [6.45, 7) is 7.05. The Balaban J connectivity index is 2.00. The third kappa shape index (κ3) is 4.31. The van der Waals surface area contributed by atoms with Crippen LogP contribution in [0.2, 0.25) is 0 Å². The molecule has 20 heavy (non-hydrogen) atoms. The highest BCUT2D eigenvalue weighted by Crippen LogP contribution is 2.22. The minimum atomic E-state index is -0.396. The fourth-order valence-electron chi connectivity index (χ4n) is 1.58. The number of pyridine rings is 1. The number of rotatable bonds is 4. The molecule has 1 aromatic carbocycles. The Morgan fingerprint density at radius 3 is 2.50 bits per heavy atom. The van der Waals surface area contributed by atoms with E-state index in [9.17, 15) is 4.39 Å². The lowest BCUT2D eigenvalue weighted by atomic mass is 10.1. The number of hydrogen-bond acceptors (Lipinski definition) is 3. The molecule has 1 N–H and O–H groups in total. The zero-order valence-corrected chi connectivity index (χ0v) is 12.0. The summed E-state index contributed by atoms with van der Waals surface area (Å²) < 4.78 is 18.8. The summed E-state index contributed by atoms with van der Waals surface area (Å²) in [5.74, 6) is 0.169. The minimum absolute atomic E-state index is 0.0579. The van der Waals surface area contributed by atoms with E-state index in [1.54, 1.807) is 30.5 Å². The standard InChI is InChI=1S/C16H19FN2O/c1-16(2,3)19-11-12-8-9-15(18-10-12)20-14-7-5-4-6-13(14)17/h4-10,19H,11H2,1-3H3. The Bertz CT molecular complexity index is 561. The normalized spacial score (nSPS) is 11.4. The van der Waals surface area contributed by atoms with Gasteiger partial charge in [-0.15, -0.1) is 0 Å². The summed E-state index contributed by atoms with van der Waals surface area (Å²) in [5, 5.41) is 3.38. The molecule has 4 heteroatoms. The average Bonchev–Trinajstić information content (AvgIpc) is 2.40. The minimum Gasteiger partial charge on any atom is -0.436 e. The van der Waals surface area contributed by atoms with Gasteiger partial charge >= 0.3 is 0 Å². The van der Waals surface area contributed by atoms with Gasteiger partial charge in [-0.05, 0) is 38.5 Å². The van der Waals surface area contributed by atoms with Gasteiger partial charge in [0.1, 0.15) is 0 Å². The second-order valence-corrected chi connectivity index (χ2v) is 5.64. The Hall–Kier alpha value is -1.94. The zero-order valence-electron chi connectivity index (χ0n) is 12.0. The molecule has 0 saturated heterocycles. The van der Waals surface area contributed by atoms with E-state index in [-0.39, 0.29) is 11.3 Å². The summed E-state index contributed by atoms with van der Waals surface area (Å²) in [5.41, 5.74) is 1.11. The first-order valence-corrected chi connectivity index (χ1v) is 6.56. The SMILES string of the molecule is CC(C)(C)NCc1ccc(Oc2ccccc2F)nc1. The molecule has 0 saturated carbocycles. The van der Waals surface area contributed by atoms with Crippen LogP contribution in [0, 0.1) is 5.82 Å². The van der Waals surface area contributed by atoms with Gasteiger partial charge in [0, 0.05) is 24.3 Å². The number of aromatic nitrogens is 1. The summed E-state index contributed by atoms with van der Waals surface area (Å²) in [7, 11) is 0. The molecule has 2 aromatic rings. The number of nitrogens with zero attached hydrogens (tertiary/aromatic N) is 1. The summed E-state index contributed by atoms with van der Waals surface area (Å²) in [6, 6.07) is 9.94. The highest BCUT2D eigenvalue weighted by atomic mass is 19.1. The molecule has 0 aliphatic carbocycles. The fraction of sp³-hybridized carbons (Fsp3) is 0.312. The van der Waals surface area contributed by atoms with E-state index in [1.165, 1.54) is 6.07 Å². The van der Waals surface area contributed by atoms with Crippen LogP contribution in [0.25, 0.3) is 0 Å². The second kappa shape index (κ2) is 6.01. The first-order chi connectivity index (χ1) is 9.44. The lowest BCUT2D eigenvalue weighted by Gasteiger charge is -2.20. The van der Waals surface area contributed by atoms with Gasteiger partial charge in [-0.2, -0.15) is 0 Å². The van der Waals surface area contributed by atoms with E-state index in [4.69, 9.17) is 4.74 Å². The molecule has 2 rings (SSSR count). The van der Waals surface area contributed by atoms with Gasteiger partial charge in [0.05, 0.1) is 0 Å². The monoisotopic (exact) mass is 274 g/mol. The number of halogens is 1. The first-order valence-electron chi connectivity index (χ1n) is 6.56. The van der Waals surface area contributed by atoms with E-state index >= 15 is 0 Å². The predicted octanol–water partition coefficient (Wildman–Crippen LogP) is 3.90. The van der Waals surface area contributed by atoms with E-state index < -0.39 is 5.82 Å². The average molecular weight is 274 g/mol. The summed E-state index contributed by atoms with van der Waals surface area (Å²) >= 11 is 0. The quantitative estimate of drug-likeness (QED) is 0.918. The van der Waals surface area contributed by atoms with Crippen LogP contribution >= 0.6 is 0 Å². The van der Waals surface area contributed by atoms with Crippen molar-refractivity contribution in [2.45, 2.75) is 32.9 Å². The molecule has 0 unspecified atom stereocenters. The van der Waals surface area contributed by atoms with Crippen molar-refractivity contribution in [2.75, 3.05) is 0 Å². The molecule has 0 atom stereocenters. The van der Waals surface area contributed by atoms with Gasteiger partial charge in [0.25, 0.3) is 0 Å². The smallest absolute Gasteiger partial charge is 0.219 e. The van der Waals surface area contributed by atoms with Crippen molar-refractivity contribution < 1.29 is 9.13 Å². The van der Waals surface area contributed by atoms with Gasteiger partial charge in [0.2, 0.25) is 5.88 Å². The lowest BCUT2D eigenvalue weighted by molar-refractivity contribution is 0.419. The Labute approximate surface area is 118 Å². The molecule has 0 bridgehead atoms. The van der Waals surface area contributed by atoms with Gasteiger partial charge < -0.3 is 10.1 Å². The van der Waals surface area contributed by atoms with Crippen LogP contribution in [0.5, 0.6) is 11.6 Å². The molecule has 1 heterocycles. The van der Waals surface area contributed by atoms with E-state index in [0.717, 1.165) is 12.1 Å². The van der Waals surface area contributed by atoms with Crippen molar-refractivity contribution in [1.82, 2.24) is 10.3 Å². The Morgan fingerprint density at radius 1 is 1.15 bits per heavy atom. The van der Waals surface area contributed by atoms with Crippen molar-refractivity contribution in [2.24, 2.45) is 0 Å². The van der Waals surface area contributed by atoms with Crippen molar-refractivity contribution >= 4 is 0 Å². The van der Waals surface area contributed by atoms with Crippen LogP contribution < -0.4 is 10.1 Å². The lowest BCUT2D eigenvalue weighted by Crippen LogP contribution is -2.35. The van der Waals surface area contributed by atoms with Crippen LogP contribution in [0.3, 0.4) is 0 Å². The largest absolute Gasteiger partial charge is 0.436 e. The fourth-order valence-corrected chi connectivity index (χ4v) is 1.58. The predicted molar refractivity (Wildman–Crippen MR) is 77.3 cm³/mol. The molecule has 106 valence electrons. The van der Waals surface area contributed by atoms with Crippen molar-refractivity contribution in [3.63, 3.8) is 0 Å². The number of benzene rings is 1. The topological polar surface area (TPSA) is 34.1 Å². The highest BCUT2D eigenvalue weighted by molar-refractivity contribution is 5.29. The third-order valence-electron chi connectivity index (χ3n) is 2.67. The van der Waals surface area contributed by atoms with Crippen LogP contribution in [0.1, 0.15) is 26.3 Å². The number of para-hydroxylation sites is 1. The number of hydrogen-bond donors (Lipinski definition) is 1. The molecule has 1 aromatic heterocycles. The van der Waals surface area contributed by atoms with Gasteiger partial charge in [-0.1, -0.05) is 18.2 Å². The molecule has 0 spiro atoms. The molecular formula is C16H19FN2O. The molecule has 0 aliphatic heterocycles. The van der Waals surface area contributed by atoms with Gasteiger partial charge in [-0.25, -0.2) is 9.37 Å². The highest BCUT2D eigenvalue weighted by Gasteiger charge is 2.09. The Morgan fingerprint density at radius 2 is 1.90 bits per heavy atom. The molecule has 0 radical (unpaired) electrons. The molecule has 0 aliphatic rings. The van der Waals surface area contributed by atoms with Crippen molar-refractivity contribution in [1.29, 1.82) is 0 Å². The van der Waals surface area contributed by atoms with E-state index in [1.807, 2.05) is 6.07 Å². The van der Waals surface area contributed by atoms with Crippen molar-refractivity contribution in [3.05, 3.63) is 54.0 Å². The zero-order chi connectivity index (χ0) is 14.6. The number of ether oxygens (including phenoxy) is 1. The van der Waals surface area contributed by atoms with Crippen LogP contribution in [0.15, 0.2) is 42.6 Å². The van der Waals surface area contributed by atoms with E-state index in [0.29, 0.717) is 5.88 Å². The maximum atomic E-state index is 13.4.